The van der Waals surface area contributed by atoms with Gasteiger partial charge < -0.3 is 15.2 Å². The molecule has 1 aromatic rings. The minimum absolute atomic E-state index is 0.147. The van der Waals surface area contributed by atoms with Crippen molar-refractivity contribution < 1.29 is 9.84 Å². The van der Waals surface area contributed by atoms with Gasteiger partial charge in [0.1, 0.15) is 0 Å². The molecular weight excluding hydrogens is 238 g/mol. The lowest BCUT2D eigenvalue weighted by atomic mass is 9.83. The average molecular weight is 263 g/mol. The van der Waals surface area contributed by atoms with E-state index in [0.29, 0.717) is 12.5 Å². The summed E-state index contributed by atoms with van der Waals surface area (Å²) in [7, 11) is 0. The molecule has 3 heteroatoms. The van der Waals surface area contributed by atoms with Crippen LogP contribution in [0.1, 0.15) is 32.3 Å². The maximum Gasteiger partial charge on any atom is 0.0663 e. The van der Waals surface area contributed by atoms with Gasteiger partial charge in [-0.1, -0.05) is 32.0 Å². The third kappa shape index (κ3) is 3.28. The molecule has 19 heavy (non-hydrogen) atoms. The fourth-order valence-electron chi connectivity index (χ4n) is 2.68. The van der Waals surface area contributed by atoms with Gasteiger partial charge >= 0.3 is 0 Å². The first kappa shape index (κ1) is 14.4. The SMILES string of the molecule is Cc1ccccc1NC1(CO)CCOC(C(C)C)C1. The Hall–Kier alpha value is -1.06. The Morgan fingerprint density at radius 3 is 2.79 bits per heavy atom. The fourth-order valence-corrected chi connectivity index (χ4v) is 2.68. The number of ether oxygens (including phenoxy) is 1. The Labute approximate surface area is 116 Å². The summed E-state index contributed by atoms with van der Waals surface area (Å²) in [6.07, 6.45) is 1.92. The predicted molar refractivity (Wildman–Crippen MR) is 78.4 cm³/mol. The Bertz CT molecular complexity index is 419. The standard InChI is InChI=1S/C16H25NO2/c1-12(2)15-10-16(11-18,8-9-19-15)17-14-7-5-4-6-13(14)3/h4-7,12,15,17-18H,8-11H2,1-3H3. The van der Waals surface area contributed by atoms with Gasteiger partial charge in [-0.3, -0.25) is 0 Å². The number of hydrogen-bond acceptors (Lipinski definition) is 3. The van der Waals surface area contributed by atoms with Crippen LogP contribution >= 0.6 is 0 Å². The van der Waals surface area contributed by atoms with Crippen LogP contribution in [0.3, 0.4) is 0 Å². The maximum absolute atomic E-state index is 9.88. The second-order valence-electron chi connectivity index (χ2n) is 5.99. The topological polar surface area (TPSA) is 41.5 Å². The van der Waals surface area contributed by atoms with Crippen LogP contribution in [0, 0.1) is 12.8 Å². The van der Waals surface area contributed by atoms with Crippen LogP contribution in [-0.4, -0.2) is 30.0 Å². The number of aryl methyl sites for hydroxylation is 1. The zero-order valence-electron chi connectivity index (χ0n) is 12.1. The van der Waals surface area contributed by atoms with Gasteiger partial charge in [0.05, 0.1) is 18.2 Å². The Balaban J connectivity index is 2.16. The maximum atomic E-state index is 9.88. The molecule has 1 aliphatic rings. The van der Waals surface area contributed by atoms with E-state index < -0.39 is 0 Å². The average Bonchev–Trinajstić information content (AvgIpc) is 2.42. The van der Waals surface area contributed by atoms with Crippen molar-refractivity contribution in [3.05, 3.63) is 29.8 Å². The Morgan fingerprint density at radius 1 is 1.42 bits per heavy atom. The highest BCUT2D eigenvalue weighted by Crippen LogP contribution is 2.32. The molecule has 1 fully saturated rings. The number of rotatable bonds is 4. The van der Waals surface area contributed by atoms with Crippen molar-refractivity contribution in [2.24, 2.45) is 5.92 Å². The second kappa shape index (κ2) is 5.93. The minimum Gasteiger partial charge on any atom is -0.394 e. The molecule has 0 amide bonds. The van der Waals surface area contributed by atoms with Crippen molar-refractivity contribution in [1.29, 1.82) is 0 Å². The number of aliphatic hydroxyl groups excluding tert-OH is 1. The van der Waals surface area contributed by atoms with E-state index in [-0.39, 0.29) is 18.2 Å². The number of anilines is 1. The molecule has 0 aliphatic carbocycles. The first-order valence-corrected chi connectivity index (χ1v) is 7.12. The van der Waals surface area contributed by atoms with E-state index >= 15 is 0 Å². The normalized spacial score (nSPS) is 27.5. The van der Waals surface area contributed by atoms with Crippen LogP contribution in [0.25, 0.3) is 0 Å². The molecule has 1 heterocycles. The fraction of sp³-hybridized carbons (Fsp3) is 0.625. The zero-order chi connectivity index (χ0) is 13.9. The van der Waals surface area contributed by atoms with Gasteiger partial charge in [0, 0.05) is 12.3 Å². The van der Waals surface area contributed by atoms with Gasteiger partial charge in [-0.15, -0.1) is 0 Å². The highest BCUT2D eigenvalue weighted by atomic mass is 16.5. The van der Waals surface area contributed by atoms with Gasteiger partial charge in [-0.05, 0) is 37.3 Å². The van der Waals surface area contributed by atoms with Gasteiger partial charge in [0.2, 0.25) is 0 Å². The molecule has 2 rings (SSSR count). The smallest absolute Gasteiger partial charge is 0.0663 e. The lowest BCUT2D eigenvalue weighted by Crippen LogP contribution is -2.51. The molecule has 1 saturated heterocycles. The summed E-state index contributed by atoms with van der Waals surface area (Å²) in [5, 5.41) is 13.4. The van der Waals surface area contributed by atoms with Crippen LogP contribution in [0.4, 0.5) is 5.69 Å². The minimum atomic E-state index is -0.251. The van der Waals surface area contributed by atoms with Gasteiger partial charge in [0.25, 0.3) is 0 Å². The third-order valence-electron chi connectivity index (χ3n) is 4.10. The first-order chi connectivity index (χ1) is 9.06. The molecule has 2 N–H and O–H groups in total. The number of aliphatic hydroxyl groups is 1. The molecular formula is C16H25NO2. The van der Waals surface area contributed by atoms with E-state index in [9.17, 15) is 5.11 Å². The van der Waals surface area contributed by atoms with Gasteiger partial charge in [-0.2, -0.15) is 0 Å². The predicted octanol–water partition coefficient (Wildman–Crippen LogP) is 2.97. The largest absolute Gasteiger partial charge is 0.394 e. The van der Waals surface area contributed by atoms with Crippen LogP contribution in [-0.2, 0) is 4.74 Å². The summed E-state index contributed by atoms with van der Waals surface area (Å²) in [5.41, 5.74) is 2.07. The molecule has 106 valence electrons. The highest BCUT2D eigenvalue weighted by molar-refractivity contribution is 5.52. The van der Waals surface area contributed by atoms with Crippen molar-refractivity contribution in [3.63, 3.8) is 0 Å². The molecule has 1 aromatic carbocycles. The Morgan fingerprint density at radius 2 is 2.16 bits per heavy atom. The highest BCUT2D eigenvalue weighted by Gasteiger charge is 2.37. The van der Waals surface area contributed by atoms with Crippen LogP contribution < -0.4 is 5.32 Å². The second-order valence-corrected chi connectivity index (χ2v) is 5.99. The van der Waals surface area contributed by atoms with E-state index in [2.05, 4.69) is 38.2 Å². The van der Waals surface area contributed by atoms with Crippen LogP contribution in [0.2, 0.25) is 0 Å². The van der Waals surface area contributed by atoms with E-state index in [4.69, 9.17) is 4.74 Å². The lowest BCUT2D eigenvalue weighted by Gasteiger charge is -2.42. The molecule has 0 spiro atoms. The summed E-state index contributed by atoms with van der Waals surface area (Å²) in [4.78, 5) is 0. The van der Waals surface area contributed by atoms with Crippen molar-refractivity contribution in [2.45, 2.75) is 45.3 Å². The summed E-state index contributed by atoms with van der Waals surface area (Å²) >= 11 is 0. The third-order valence-corrected chi connectivity index (χ3v) is 4.10. The van der Waals surface area contributed by atoms with Gasteiger partial charge in [-0.25, -0.2) is 0 Å². The van der Waals surface area contributed by atoms with E-state index in [1.807, 2.05) is 12.1 Å². The molecule has 2 unspecified atom stereocenters. The van der Waals surface area contributed by atoms with Crippen LogP contribution in [0.5, 0.6) is 0 Å². The first-order valence-electron chi connectivity index (χ1n) is 7.12. The van der Waals surface area contributed by atoms with E-state index in [1.165, 1.54) is 5.56 Å². The summed E-state index contributed by atoms with van der Waals surface area (Å²) in [5.74, 6) is 0.477. The van der Waals surface area contributed by atoms with Crippen molar-refractivity contribution >= 4 is 5.69 Å². The summed E-state index contributed by atoms with van der Waals surface area (Å²) in [6, 6.07) is 8.23. The molecule has 0 saturated carbocycles. The number of nitrogens with one attached hydrogen (secondary N) is 1. The van der Waals surface area contributed by atoms with Crippen molar-refractivity contribution in [1.82, 2.24) is 0 Å². The van der Waals surface area contributed by atoms with Crippen LogP contribution in [0.15, 0.2) is 24.3 Å². The molecule has 0 bridgehead atoms. The summed E-state index contributed by atoms with van der Waals surface area (Å²) < 4.78 is 5.81. The molecule has 3 nitrogen and oxygen atoms in total. The lowest BCUT2D eigenvalue weighted by molar-refractivity contribution is -0.0481. The number of hydrogen-bond donors (Lipinski definition) is 2. The molecule has 2 atom stereocenters. The van der Waals surface area contributed by atoms with Crippen molar-refractivity contribution in [3.8, 4) is 0 Å². The number of para-hydroxylation sites is 1. The quantitative estimate of drug-likeness (QED) is 0.877. The van der Waals surface area contributed by atoms with Crippen molar-refractivity contribution in [2.75, 3.05) is 18.5 Å². The molecule has 0 radical (unpaired) electrons. The molecule has 0 aromatic heterocycles. The monoisotopic (exact) mass is 263 g/mol. The van der Waals surface area contributed by atoms with Gasteiger partial charge in [0.15, 0.2) is 0 Å². The van der Waals surface area contributed by atoms with E-state index in [1.54, 1.807) is 0 Å². The van der Waals surface area contributed by atoms with E-state index in [0.717, 1.165) is 18.5 Å². The summed E-state index contributed by atoms with van der Waals surface area (Å²) in [6.45, 7) is 7.29. The zero-order valence-corrected chi connectivity index (χ0v) is 12.1. The number of benzene rings is 1. The Kier molecular flexibility index (Phi) is 4.48. The molecule has 1 aliphatic heterocycles.